The molecule has 1 aromatic carbocycles. The van der Waals surface area contributed by atoms with Gasteiger partial charge in [-0.3, -0.25) is 0 Å². The number of unbranched alkanes of at least 4 members (excludes halogenated alkanes) is 2. The largest absolute Gasteiger partial charge is 0.458 e. The second-order valence-electron chi connectivity index (χ2n) is 8.81. The Morgan fingerprint density at radius 2 is 1.50 bits per heavy atom. The first-order chi connectivity index (χ1) is 11.1. The van der Waals surface area contributed by atoms with Crippen molar-refractivity contribution in [3.8, 4) is 0 Å². The molecule has 0 N–H and O–H groups in total. The minimum Gasteiger partial charge on any atom is -0.403 e. The van der Waals surface area contributed by atoms with Gasteiger partial charge in [-0.2, -0.15) is 0 Å². The maximum atomic E-state index is 6.48. The third-order valence-electron chi connectivity index (χ3n) is 6.16. The average molecular weight is 346 g/mol. The minimum atomic E-state index is -1.70. The molecule has 1 atom stereocenters. The van der Waals surface area contributed by atoms with Gasteiger partial charge in [-0.15, -0.1) is 0 Å². The summed E-state index contributed by atoms with van der Waals surface area (Å²) in [5.41, 5.74) is -0.0172. The highest BCUT2D eigenvalue weighted by Crippen LogP contribution is 2.43. The van der Waals surface area contributed by atoms with Crippen molar-refractivity contribution in [2.24, 2.45) is 0 Å². The first-order valence-electron chi connectivity index (χ1n) is 9.53. The fourth-order valence-corrected chi connectivity index (χ4v) is 6.81. The van der Waals surface area contributed by atoms with E-state index >= 15 is 0 Å². The van der Waals surface area contributed by atoms with E-state index in [1.807, 2.05) is 0 Å². The lowest BCUT2D eigenvalue weighted by atomic mass is 9.80. The van der Waals surface area contributed by atoms with Crippen molar-refractivity contribution in [1.82, 2.24) is 0 Å². The Hall–Kier alpha value is -0.578. The highest BCUT2D eigenvalue weighted by molar-refractivity contribution is 6.97. The molecular formula is C20H35BO2Si. The molecule has 0 radical (unpaired) electrons. The second-order valence-corrected chi connectivity index (χ2v) is 13.6. The molecule has 4 heteroatoms. The van der Waals surface area contributed by atoms with Gasteiger partial charge in [-0.25, -0.2) is 0 Å². The topological polar surface area (TPSA) is 18.5 Å². The first kappa shape index (κ1) is 19.7. The van der Waals surface area contributed by atoms with Gasteiger partial charge in [0, 0.05) is 0 Å². The summed E-state index contributed by atoms with van der Waals surface area (Å²) in [4.78, 5) is 0. The zero-order valence-corrected chi connectivity index (χ0v) is 17.7. The molecule has 0 saturated carbocycles. The first-order valence-corrected chi connectivity index (χ1v) is 12.6. The zero-order valence-electron chi connectivity index (χ0n) is 16.7. The number of hydrogen-bond donors (Lipinski definition) is 0. The van der Waals surface area contributed by atoms with E-state index in [9.17, 15) is 0 Å². The molecule has 1 heterocycles. The summed E-state index contributed by atoms with van der Waals surface area (Å²) in [5.74, 6) is 0. The van der Waals surface area contributed by atoms with E-state index in [0.717, 1.165) is 0 Å². The van der Waals surface area contributed by atoms with Crippen molar-refractivity contribution in [2.75, 3.05) is 0 Å². The lowest BCUT2D eigenvalue weighted by Gasteiger charge is -2.34. The van der Waals surface area contributed by atoms with Gasteiger partial charge in [0.25, 0.3) is 0 Å². The van der Waals surface area contributed by atoms with E-state index in [1.165, 1.54) is 30.9 Å². The van der Waals surface area contributed by atoms with Crippen LogP contribution in [0.4, 0.5) is 0 Å². The van der Waals surface area contributed by atoms with Gasteiger partial charge in [0.15, 0.2) is 0 Å². The Balaban J connectivity index is 2.28. The van der Waals surface area contributed by atoms with Crippen LogP contribution in [0, 0.1) is 0 Å². The summed E-state index contributed by atoms with van der Waals surface area (Å²) in [5, 5.41) is 1.50. The molecule has 1 saturated heterocycles. The summed E-state index contributed by atoms with van der Waals surface area (Å²) in [6, 6.07) is 11.0. The molecule has 0 aliphatic carbocycles. The minimum absolute atomic E-state index is 0.0891. The average Bonchev–Trinajstić information content (AvgIpc) is 2.72. The van der Waals surface area contributed by atoms with Crippen molar-refractivity contribution in [3.05, 3.63) is 30.3 Å². The molecule has 2 nitrogen and oxygen atoms in total. The Morgan fingerprint density at radius 1 is 0.958 bits per heavy atom. The van der Waals surface area contributed by atoms with E-state index in [4.69, 9.17) is 9.31 Å². The molecule has 1 fully saturated rings. The third kappa shape index (κ3) is 3.97. The third-order valence-corrected chi connectivity index (χ3v) is 10.4. The summed E-state index contributed by atoms with van der Waals surface area (Å²) in [6.07, 6.45) is 4.99. The van der Waals surface area contributed by atoms with Crippen LogP contribution in [0.2, 0.25) is 18.5 Å². The Bertz CT molecular complexity index is 512. The molecule has 134 valence electrons. The summed E-state index contributed by atoms with van der Waals surface area (Å²) >= 11 is 0. The van der Waals surface area contributed by atoms with Gasteiger partial charge in [-0.05, 0) is 33.1 Å². The molecule has 0 aromatic heterocycles. The number of benzene rings is 1. The van der Waals surface area contributed by atoms with Crippen LogP contribution < -0.4 is 5.19 Å². The standard InChI is InChI=1S/C20H35BO2Si/c1-8-9-11-16-18(21-22-19(2,3)20(4,5)23-21)24(6,7)17-14-12-10-13-15-17/h10,12-15,18H,8-9,11,16H2,1-7H3. The van der Waals surface area contributed by atoms with Gasteiger partial charge >= 0.3 is 7.12 Å². The monoisotopic (exact) mass is 346 g/mol. The van der Waals surface area contributed by atoms with Crippen LogP contribution >= 0.6 is 0 Å². The molecule has 1 unspecified atom stereocenters. The molecule has 2 rings (SSSR count). The normalized spacial score (nSPS) is 21.0. The molecule has 0 bridgehead atoms. The van der Waals surface area contributed by atoms with Crippen molar-refractivity contribution in [3.63, 3.8) is 0 Å². The summed E-state index contributed by atoms with van der Waals surface area (Å²) < 4.78 is 13.0. The highest BCUT2D eigenvalue weighted by atomic mass is 28.3. The van der Waals surface area contributed by atoms with Gasteiger partial charge in [0.2, 0.25) is 0 Å². The van der Waals surface area contributed by atoms with Crippen LogP contribution in [-0.4, -0.2) is 26.4 Å². The fourth-order valence-electron chi connectivity index (χ4n) is 3.59. The molecule has 0 spiro atoms. The van der Waals surface area contributed by atoms with E-state index < -0.39 is 8.07 Å². The van der Waals surface area contributed by atoms with Crippen molar-refractivity contribution in [1.29, 1.82) is 0 Å². The SMILES string of the molecule is CCCCCC(B1OC(C)(C)C(C)(C)O1)[Si](C)(C)c1ccccc1. The molecule has 24 heavy (non-hydrogen) atoms. The van der Waals surface area contributed by atoms with E-state index in [1.54, 1.807) is 0 Å². The lowest BCUT2D eigenvalue weighted by molar-refractivity contribution is 0.00578. The predicted octanol–water partition coefficient (Wildman–Crippen LogP) is 5.18. The maximum Gasteiger partial charge on any atom is 0.458 e. The van der Waals surface area contributed by atoms with Gasteiger partial charge in [-0.1, -0.05) is 81.2 Å². The summed E-state index contributed by atoms with van der Waals surface area (Å²) in [7, 11) is -1.79. The Morgan fingerprint density at radius 3 is 2.00 bits per heavy atom. The van der Waals surface area contributed by atoms with Gasteiger partial charge < -0.3 is 9.31 Å². The smallest absolute Gasteiger partial charge is 0.403 e. The van der Waals surface area contributed by atoms with Gasteiger partial charge in [0.1, 0.15) is 0 Å². The van der Waals surface area contributed by atoms with Crippen LogP contribution in [0.15, 0.2) is 30.3 Å². The van der Waals surface area contributed by atoms with Gasteiger partial charge in [0.05, 0.1) is 19.3 Å². The van der Waals surface area contributed by atoms with Crippen LogP contribution in [0.3, 0.4) is 0 Å². The Kier molecular flexibility index (Phi) is 6.04. The fraction of sp³-hybridized carbons (Fsp3) is 0.700. The summed E-state index contributed by atoms with van der Waals surface area (Å²) in [6.45, 7) is 15.9. The van der Waals surface area contributed by atoms with E-state index in [0.29, 0.717) is 5.44 Å². The van der Waals surface area contributed by atoms with Crippen molar-refractivity contribution in [2.45, 2.75) is 90.0 Å². The van der Waals surface area contributed by atoms with Crippen LogP contribution in [0.25, 0.3) is 0 Å². The molecular weight excluding hydrogens is 311 g/mol. The lowest BCUT2D eigenvalue weighted by Crippen LogP contribution is -2.52. The number of hydrogen-bond acceptors (Lipinski definition) is 2. The predicted molar refractivity (Wildman–Crippen MR) is 108 cm³/mol. The molecule has 0 amide bonds. The molecule has 1 aliphatic rings. The maximum absolute atomic E-state index is 6.48. The highest BCUT2D eigenvalue weighted by Gasteiger charge is 2.56. The van der Waals surface area contributed by atoms with Crippen molar-refractivity contribution >= 4 is 20.4 Å². The van der Waals surface area contributed by atoms with E-state index in [-0.39, 0.29) is 18.3 Å². The quantitative estimate of drug-likeness (QED) is 0.500. The van der Waals surface area contributed by atoms with E-state index in [2.05, 4.69) is 78.0 Å². The van der Waals surface area contributed by atoms with Crippen LogP contribution in [0.5, 0.6) is 0 Å². The molecule has 1 aliphatic heterocycles. The number of rotatable bonds is 7. The zero-order chi connectivity index (χ0) is 18.0. The Labute approximate surface area is 150 Å². The van der Waals surface area contributed by atoms with Crippen LogP contribution in [0.1, 0.15) is 60.3 Å². The van der Waals surface area contributed by atoms with Crippen LogP contribution in [-0.2, 0) is 9.31 Å². The second kappa shape index (κ2) is 7.35. The molecule has 1 aromatic rings. The van der Waals surface area contributed by atoms with Crippen molar-refractivity contribution < 1.29 is 9.31 Å².